The maximum atomic E-state index is 13.0. The van der Waals surface area contributed by atoms with Crippen molar-refractivity contribution in [1.29, 1.82) is 5.26 Å². The zero-order chi connectivity index (χ0) is 20.6. The highest BCUT2D eigenvalue weighted by atomic mass is 35.5. The van der Waals surface area contributed by atoms with E-state index in [1.165, 1.54) is 18.2 Å². The second kappa shape index (κ2) is 9.54. The Morgan fingerprint density at radius 2 is 1.83 bits per heavy atom. The van der Waals surface area contributed by atoms with Gasteiger partial charge in [-0.2, -0.15) is 5.26 Å². The van der Waals surface area contributed by atoms with Crippen LogP contribution in [0.5, 0.6) is 5.75 Å². The summed E-state index contributed by atoms with van der Waals surface area (Å²) in [5.74, 6) is -0.376. The molecule has 0 heterocycles. The van der Waals surface area contributed by atoms with E-state index in [2.05, 4.69) is 5.32 Å². The fourth-order valence-corrected chi connectivity index (χ4v) is 2.74. The van der Waals surface area contributed by atoms with Gasteiger partial charge in [-0.05, 0) is 53.6 Å². The predicted molar refractivity (Wildman–Crippen MR) is 111 cm³/mol. The summed E-state index contributed by atoms with van der Waals surface area (Å²) >= 11 is 6.26. The second-order valence-electron chi connectivity index (χ2n) is 6.09. The molecule has 6 heteroatoms. The number of para-hydroxylation sites is 1. The quantitative estimate of drug-likeness (QED) is 0.428. The van der Waals surface area contributed by atoms with E-state index in [0.29, 0.717) is 22.0 Å². The average molecular weight is 407 g/mol. The first-order valence-electron chi connectivity index (χ1n) is 8.70. The summed E-state index contributed by atoms with van der Waals surface area (Å²) in [5, 5.41) is 12.3. The summed E-state index contributed by atoms with van der Waals surface area (Å²) in [5.41, 5.74) is 1.94. The molecule has 0 unspecified atom stereocenters. The molecule has 0 saturated carbocycles. The molecule has 144 valence electrons. The van der Waals surface area contributed by atoms with Crippen LogP contribution in [0.2, 0.25) is 5.02 Å². The van der Waals surface area contributed by atoms with Gasteiger partial charge in [-0.25, -0.2) is 4.39 Å². The lowest BCUT2D eigenvalue weighted by Crippen LogP contribution is -2.13. The van der Waals surface area contributed by atoms with Gasteiger partial charge < -0.3 is 10.1 Å². The number of hydrogen-bond donors (Lipinski definition) is 1. The van der Waals surface area contributed by atoms with Crippen LogP contribution in [-0.4, -0.2) is 5.91 Å². The zero-order valence-electron chi connectivity index (χ0n) is 15.2. The number of benzene rings is 3. The average Bonchev–Trinajstić information content (AvgIpc) is 2.73. The molecule has 0 aliphatic heterocycles. The van der Waals surface area contributed by atoms with E-state index in [1.54, 1.807) is 54.6 Å². The molecule has 0 radical (unpaired) electrons. The summed E-state index contributed by atoms with van der Waals surface area (Å²) in [4.78, 5) is 12.3. The third-order valence-corrected chi connectivity index (χ3v) is 4.27. The van der Waals surface area contributed by atoms with Gasteiger partial charge in [0.05, 0.1) is 5.02 Å². The van der Waals surface area contributed by atoms with Gasteiger partial charge in [-0.1, -0.05) is 48.0 Å². The molecule has 0 aromatic heterocycles. The summed E-state index contributed by atoms with van der Waals surface area (Å²) in [6.45, 7) is 0.234. The number of nitrogens with one attached hydrogen (secondary N) is 1. The number of rotatable bonds is 6. The van der Waals surface area contributed by atoms with Gasteiger partial charge in [-0.15, -0.1) is 0 Å². The number of halogens is 2. The molecule has 0 fully saturated rings. The molecule has 1 N–H and O–H groups in total. The van der Waals surface area contributed by atoms with Crippen LogP contribution in [0.25, 0.3) is 6.08 Å². The smallest absolute Gasteiger partial charge is 0.266 e. The van der Waals surface area contributed by atoms with Crippen molar-refractivity contribution < 1.29 is 13.9 Å². The molecular formula is C23H16ClFN2O2. The highest BCUT2D eigenvalue weighted by Gasteiger charge is 2.10. The van der Waals surface area contributed by atoms with E-state index in [1.807, 2.05) is 12.1 Å². The van der Waals surface area contributed by atoms with Crippen molar-refractivity contribution in [3.05, 3.63) is 100 Å². The fraction of sp³-hybridized carbons (Fsp3) is 0.0435. The Morgan fingerprint density at radius 3 is 2.48 bits per heavy atom. The first-order valence-corrected chi connectivity index (χ1v) is 9.08. The van der Waals surface area contributed by atoms with E-state index in [9.17, 15) is 14.4 Å². The molecule has 29 heavy (non-hydrogen) atoms. The van der Waals surface area contributed by atoms with Gasteiger partial charge in [-0.3, -0.25) is 4.79 Å². The summed E-state index contributed by atoms with van der Waals surface area (Å²) in [6, 6.07) is 21.7. The SMILES string of the molecule is N#C/C(=C\c1ccc(OCc2ccc(F)cc2)c(Cl)c1)C(=O)Nc1ccccc1. The van der Waals surface area contributed by atoms with E-state index >= 15 is 0 Å². The molecule has 3 aromatic carbocycles. The Hall–Kier alpha value is -3.62. The van der Waals surface area contributed by atoms with E-state index in [4.69, 9.17) is 16.3 Å². The standard InChI is InChI=1S/C23H16ClFN2O2/c24-21-13-17(8-11-22(21)29-15-16-6-9-19(25)10-7-16)12-18(14-26)23(28)27-20-4-2-1-3-5-20/h1-13H,15H2,(H,27,28)/b18-12+. The molecule has 0 saturated heterocycles. The lowest BCUT2D eigenvalue weighted by Gasteiger charge is -2.09. The molecule has 0 atom stereocenters. The van der Waals surface area contributed by atoms with Crippen molar-refractivity contribution in [1.82, 2.24) is 0 Å². The normalized spacial score (nSPS) is 10.9. The molecular weight excluding hydrogens is 391 g/mol. The lowest BCUT2D eigenvalue weighted by atomic mass is 10.1. The number of hydrogen-bond acceptors (Lipinski definition) is 3. The van der Waals surface area contributed by atoms with E-state index in [-0.39, 0.29) is 18.0 Å². The highest BCUT2D eigenvalue weighted by Crippen LogP contribution is 2.27. The minimum Gasteiger partial charge on any atom is -0.487 e. The molecule has 1 amide bonds. The topological polar surface area (TPSA) is 62.1 Å². The Morgan fingerprint density at radius 1 is 1.10 bits per heavy atom. The first kappa shape index (κ1) is 20.1. The second-order valence-corrected chi connectivity index (χ2v) is 6.50. The van der Waals surface area contributed by atoms with Gasteiger partial charge in [0.15, 0.2) is 0 Å². The van der Waals surface area contributed by atoms with Crippen molar-refractivity contribution >= 4 is 29.3 Å². The Balaban J connectivity index is 1.70. The summed E-state index contributed by atoms with van der Waals surface area (Å²) in [7, 11) is 0. The van der Waals surface area contributed by atoms with Crippen LogP contribution >= 0.6 is 11.6 Å². The monoisotopic (exact) mass is 406 g/mol. The third kappa shape index (κ3) is 5.68. The molecule has 0 spiro atoms. The number of ether oxygens (including phenoxy) is 1. The van der Waals surface area contributed by atoms with Gasteiger partial charge in [0.25, 0.3) is 5.91 Å². The van der Waals surface area contributed by atoms with Crippen LogP contribution in [0.3, 0.4) is 0 Å². The maximum absolute atomic E-state index is 13.0. The van der Waals surface area contributed by atoms with Crippen molar-refractivity contribution in [3.8, 4) is 11.8 Å². The van der Waals surface area contributed by atoms with E-state index in [0.717, 1.165) is 5.56 Å². The fourth-order valence-electron chi connectivity index (χ4n) is 2.50. The van der Waals surface area contributed by atoms with Crippen LogP contribution in [0.15, 0.2) is 78.4 Å². The number of carbonyl (C=O) groups is 1. The van der Waals surface area contributed by atoms with Crippen LogP contribution < -0.4 is 10.1 Å². The number of nitriles is 1. The van der Waals surface area contributed by atoms with Gasteiger partial charge in [0.2, 0.25) is 0 Å². The maximum Gasteiger partial charge on any atom is 0.266 e. The largest absolute Gasteiger partial charge is 0.487 e. The van der Waals surface area contributed by atoms with Crippen molar-refractivity contribution in [3.63, 3.8) is 0 Å². The van der Waals surface area contributed by atoms with E-state index < -0.39 is 5.91 Å². The highest BCUT2D eigenvalue weighted by molar-refractivity contribution is 6.32. The Labute approximate surface area is 172 Å². The number of anilines is 1. The predicted octanol–water partition coefficient (Wildman–Crippen LogP) is 5.60. The number of carbonyl (C=O) groups excluding carboxylic acids is 1. The van der Waals surface area contributed by atoms with Crippen LogP contribution in [0.4, 0.5) is 10.1 Å². The molecule has 0 bridgehead atoms. The lowest BCUT2D eigenvalue weighted by molar-refractivity contribution is -0.112. The van der Waals surface area contributed by atoms with Crippen LogP contribution in [0.1, 0.15) is 11.1 Å². The Kier molecular flexibility index (Phi) is 6.62. The van der Waals surface area contributed by atoms with Gasteiger partial charge >= 0.3 is 0 Å². The van der Waals surface area contributed by atoms with Gasteiger partial charge in [0.1, 0.15) is 29.8 Å². The molecule has 3 rings (SSSR count). The van der Waals surface area contributed by atoms with Crippen molar-refractivity contribution in [2.45, 2.75) is 6.61 Å². The first-order chi connectivity index (χ1) is 14.0. The Bertz CT molecular complexity index is 1070. The minimum absolute atomic E-state index is 0.0510. The van der Waals surface area contributed by atoms with Crippen LogP contribution in [-0.2, 0) is 11.4 Å². The number of amides is 1. The van der Waals surface area contributed by atoms with Gasteiger partial charge in [0, 0.05) is 5.69 Å². The summed E-state index contributed by atoms with van der Waals surface area (Å²) in [6.07, 6.45) is 1.45. The third-order valence-electron chi connectivity index (χ3n) is 3.97. The minimum atomic E-state index is -0.508. The molecule has 0 aliphatic carbocycles. The molecule has 3 aromatic rings. The molecule has 0 aliphatic rings. The van der Waals surface area contributed by atoms with Crippen molar-refractivity contribution in [2.24, 2.45) is 0 Å². The summed E-state index contributed by atoms with van der Waals surface area (Å²) < 4.78 is 18.6. The van der Waals surface area contributed by atoms with Crippen molar-refractivity contribution in [2.75, 3.05) is 5.32 Å². The zero-order valence-corrected chi connectivity index (χ0v) is 16.0. The molecule has 4 nitrogen and oxygen atoms in total. The van der Waals surface area contributed by atoms with Crippen LogP contribution in [0, 0.1) is 17.1 Å². The number of nitrogens with zero attached hydrogens (tertiary/aromatic N) is 1.